The van der Waals surface area contributed by atoms with E-state index in [9.17, 15) is 4.79 Å². The van der Waals surface area contributed by atoms with Crippen molar-refractivity contribution >= 4 is 23.2 Å². The second-order valence-electron chi connectivity index (χ2n) is 6.54. The molecule has 0 bridgehead atoms. The van der Waals surface area contributed by atoms with Crippen LogP contribution in [0.1, 0.15) is 24.1 Å². The highest BCUT2D eigenvalue weighted by Crippen LogP contribution is 2.18. The Kier molecular flexibility index (Phi) is 8.21. The van der Waals surface area contributed by atoms with E-state index in [-0.39, 0.29) is 11.9 Å². The Bertz CT molecular complexity index is 544. The highest BCUT2D eigenvalue weighted by molar-refractivity contribution is 7.09. The summed E-state index contributed by atoms with van der Waals surface area (Å²) in [6.45, 7) is 3.71. The summed E-state index contributed by atoms with van der Waals surface area (Å²) in [5.41, 5.74) is 0. The molecule has 0 saturated carbocycles. The second-order valence-corrected chi connectivity index (χ2v) is 7.57. The quantitative estimate of drug-likeness (QED) is 0.415. The molecule has 0 aromatic carbocycles. The van der Waals surface area contributed by atoms with Gasteiger partial charge in [0.05, 0.1) is 6.04 Å². The van der Waals surface area contributed by atoms with Gasteiger partial charge < -0.3 is 15.5 Å². The number of likely N-dealkylation sites (N-methyl/N-ethyl adjacent to an activating group) is 1. The predicted molar refractivity (Wildman–Crippen MR) is 105 cm³/mol. The molecule has 6 nitrogen and oxygen atoms in total. The van der Waals surface area contributed by atoms with E-state index >= 15 is 0 Å². The van der Waals surface area contributed by atoms with Crippen LogP contribution in [0.5, 0.6) is 0 Å². The maximum absolute atomic E-state index is 12.2. The Hall–Kier alpha value is -1.60. The molecule has 1 aromatic heterocycles. The highest BCUT2D eigenvalue weighted by Gasteiger charge is 2.30. The minimum Gasteiger partial charge on any atom is -0.356 e. The summed E-state index contributed by atoms with van der Waals surface area (Å²) in [6, 6.07) is 4.31. The summed E-state index contributed by atoms with van der Waals surface area (Å²) >= 11 is 1.79. The van der Waals surface area contributed by atoms with Crippen molar-refractivity contribution in [2.45, 2.75) is 31.7 Å². The molecule has 2 rings (SSSR count). The Morgan fingerprint density at radius 3 is 2.88 bits per heavy atom. The van der Waals surface area contributed by atoms with Crippen LogP contribution in [0.25, 0.3) is 0 Å². The Balaban J connectivity index is 1.62. The monoisotopic (exact) mass is 365 g/mol. The summed E-state index contributed by atoms with van der Waals surface area (Å²) < 4.78 is 0. The third kappa shape index (κ3) is 6.32. The van der Waals surface area contributed by atoms with Crippen LogP contribution in [-0.4, -0.2) is 75.0 Å². The topological polar surface area (TPSA) is 60.0 Å². The molecule has 1 unspecified atom stereocenters. The lowest BCUT2D eigenvalue weighted by atomic mass is 10.2. The van der Waals surface area contributed by atoms with Crippen molar-refractivity contribution in [3.05, 3.63) is 22.4 Å². The van der Waals surface area contributed by atoms with Crippen LogP contribution in [0.4, 0.5) is 0 Å². The molecule has 1 atom stereocenters. The Labute approximate surface area is 155 Å². The standard InChI is InChI=1S/C18H31N5OS/c1-19-18(21-11-9-15-7-5-14-25-15)20-10-6-13-23-12-4-8-16(23)17(24)22(2)3/h5,7,14,16H,4,6,8-13H2,1-3H3,(H2,19,20,21). The summed E-state index contributed by atoms with van der Waals surface area (Å²) in [4.78, 5) is 21.9. The van der Waals surface area contributed by atoms with Crippen LogP contribution in [0.3, 0.4) is 0 Å². The molecule has 1 aliphatic rings. The van der Waals surface area contributed by atoms with Crippen LogP contribution in [-0.2, 0) is 11.2 Å². The third-order valence-corrected chi connectivity index (χ3v) is 5.41. The fourth-order valence-electron chi connectivity index (χ4n) is 3.14. The van der Waals surface area contributed by atoms with Gasteiger partial charge in [0, 0.05) is 45.7 Å². The van der Waals surface area contributed by atoms with E-state index in [2.05, 4.69) is 38.0 Å². The molecule has 2 N–H and O–H groups in total. The van der Waals surface area contributed by atoms with E-state index < -0.39 is 0 Å². The third-order valence-electron chi connectivity index (χ3n) is 4.47. The summed E-state index contributed by atoms with van der Waals surface area (Å²) in [6.07, 6.45) is 4.11. The number of hydrogen-bond acceptors (Lipinski definition) is 4. The van der Waals surface area contributed by atoms with E-state index in [1.54, 1.807) is 23.3 Å². The molecular weight excluding hydrogens is 334 g/mol. The molecule has 1 saturated heterocycles. The van der Waals surface area contributed by atoms with Crippen LogP contribution >= 0.6 is 11.3 Å². The number of nitrogens with zero attached hydrogens (tertiary/aromatic N) is 3. The lowest BCUT2D eigenvalue weighted by Crippen LogP contribution is -2.44. The average molecular weight is 366 g/mol. The number of aliphatic imine (C=N–C) groups is 1. The molecule has 1 aromatic rings. The van der Waals surface area contributed by atoms with Crippen molar-refractivity contribution in [3.8, 4) is 0 Å². The van der Waals surface area contributed by atoms with Crippen LogP contribution < -0.4 is 10.6 Å². The average Bonchev–Trinajstić information content (AvgIpc) is 3.27. The molecule has 1 fully saturated rings. The van der Waals surface area contributed by atoms with Crippen LogP contribution in [0, 0.1) is 0 Å². The Morgan fingerprint density at radius 1 is 1.40 bits per heavy atom. The first-order valence-electron chi connectivity index (χ1n) is 9.04. The van der Waals surface area contributed by atoms with Gasteiger partial charge in [-0.25, -0.2) is 0 Å². The van der Waals surface area contributed by atoms with Gasteiger partial charge in [-0.15, -0.1) is 11.3 Å². The predicted octanol–water partition coefficient (Wildman–Crippen LogP) is 1.40. The molecule has 2 heterocycles. The van der Waals surface area contributed by atoms with E-state index in [1.165, 1.54) is 4.88 Å². The zero-order valence-electron chi connectivity index (χ0n) is 15.6. The van der Waals surface area contributed by atoms with Crippen molar-refractivity contribution < 1.29 is 4.79 Å². The molecule has 1 amide bonds. The highest BCUT2D eigenvalue weighted by atomic mass is 32.1. The summed E-state index contributed by atoms with van der Waals surface area (Å²) in [5.74, 6) is 1.08. The number of carbonyl (C=O) groups excluding carboxylic acids is 1. The zero-order chi connectivity index (χ0) is 18.1. The van der Waals surface area contributed by atoms with Crippen molar-refractivity contribution in [3.63, 3.8) is 0 Å². The molecule has 0 aliphatic carbocycles. The minimum absolute atomic E-state index is 0.0678. The number of nitrogens with one attached hydrogen (secondary N) is 2. The lowest BCUT2D eigenvalue weighted by molar-refractivity contribution is -0.133. The molecular formula is C18H31N5OS. The number of carbonyl (C=O) groups is 1. The summed E-state index contributed by atoms with van der Waals surface area (Å²) in [5, 5.41) is 8.82. The smallest absolute Gasteiger partial charge is 0.239 e. The molecule has 0 spiro atoms. The van der Waals surface area contributed by atoms with Crippen LogP contribution in [0.2, 0.25) is 0 Å². The number of likely N-dealkylation sites (tertiary alicyclic amines) is 1. The largest absolute Gasteiger partial charge is 0.356 e. The number of rotatable bonds is 8. The maximum atomic E-state index is 12.2. The molecule has 0 radical (unpaired) electrons. The molecule has 140 valence electrons. The van der Waals surface area contributed by atoms with Crippen molar-refractivity contribution in [2.24, 2.45) is 4.99 Å². The minimum atomic E-state index is 0.0678. The van der Waals surface area contributed by atoms with Gasteiger partial charge in [0.1, 0.15) is 0 Å². The first-order chi connectivity index (χ1) is 12.1. The van der Waals surface area contributed by atoms with Gasteiger partial charge in [0.25, 0.3) is 0 Å². The van der Waals surface area contributed by atoms with E-state index in [1.807, 2.05) is 14.1 Å². The van der Waals surface area contributed by atoms with Gasteiger partial charge in [-0.3, -0.25) is 14.7 Å². The number of guanidine groups is 1. The lowest BCUT2D eigenvalue weighted by Gasteiger charge is -2.26. The van der Waals surface area contributed by atoms with Gasteiger partial charge in [-0.2, -0.15) is 0 Å². The SMILES string of the molecule is CN=C(NCCCN1CCCC1C(=O)N(C)C)NCCc1cccs1. The van der Waals surface area contributed by atoms with Crippen molar-refractivity contribution in [2.75, 3.05) is 47.3 Å². The van der Waals surface area contributed by atoms with E-state index in [0.29, 0.717) is 0 Å². The molecule has 1 aliphatic heterocycles. The van der Waals surface area contributed by atoms with Gasteiger partial charge >= 0.3 is 0 Å². The zero-order valence-corrected chi connectivity index (χ0v) is 16.4. The van der Waals surface area contributed by atoms with Gasteiger partial charge in [0.15, 0.2) is 5.96 Å². The fraction of sp³-hybridized carbons (Fsp3) is 0.667. The van der Waals surface area contributed by atoms with E-state index in [4.69, 9.17) is 0 Å². The summed E-state index contributed by atoms with van der Waals surface area (Å²) in [7, 11) is 5.48. The fourth-order valence-corrected chi connectivity index (χ4v) is 3.85. The van der Waals surface area contributed by atoms with E-state index in [0.717, 1.165) is 57.8 Å². The van der Waals surface area contributed by atoms with Crippen molar-refractivity contribution in [1.29, 1.82) is 0 Å². The maximum Gasteiger partial charge on any atom is 0.239 e. The van der Waals surface area contributed by atoms with Gasteiger partial charge in [0.2, 0.25) is 5.91 Å². The normalized spacial score (nSPS) is 18.4. The Morgan fingerprint density at radius 2 is 2.20 bits per heavy atom. The number of thiophene rings is 1. The van der Waals surface area contributed by atoms with Gasteiger partial charge in [-0.05, 0) is 43.7 Å². The number of amides is 1. The number of hydrogen-bond donors (Lipinski definition) is 2. The molecule has 7 heteroatoms. The molecule has 25 heavy (non-hydrogen) atoms. The first-order valence-corrected chi connectivity index (χ1v) is 9.92. The second kappa shape index (κ2) is 10.4. The first kappa shape index (κ1) is 19.7. The van der Waals surface area contributed by atoms with Crippen LogP contribution in [0.15, 0.2) is 22.5 Å². The van der Waals surface area contributed by atoms with Gasteiger partial charge in [-0.1, -0.05) is 6.07 Å². The van der Waals surface area contributed by atoms with Crippen molar-refractivity contribution in [1.82, 2.24) is 20.4 Å².